The van der Waals surface area contributed by atoms with Gasteiger partial charge in [-0.15, -0.1) is 0 Å². The van der Waals surface area contributed by atoms with Crippen molar-refractivity contribution in [3.8, 4) is 39.1 Å². The maximum Gasteiger partial charge on any atom is 0.0541 e. The predicted octanol–water partition coefficient (Wildman–Crippen LogP) is 16.0. The highest BCUT2D eigenvalue weighted by Crippen LogP contribution is 2.47. The number of hydrogen-bond donors (Lipinski definition) is 0. The number of nitrogens with zero attached hydrogens (tertiary/aromatic N) is 2. The van der Waals surface area contributed by atoms with E-state index in [2.05, 4.69) is 228 Å². The third-order valence-corrected chi connectivity index (χ3v) is 12.8. The molecule has 61 heavy (non-hydrogen) atoms. The molecule has 12 rings (SSSR count). The highest BCUT2D eigenvalue weighted by molar-refractivity contribution is 6.11. The molecule has 0 amide bonds. The second-order valence-electron chi connectivity index (χ2n) is 16.4. The van der Waals surface area contributed by atoms with Crippen molar-refractivity contribution in [2.24, 2.45) is 0 Å². The van der Waals surface area contributed by atoms with Gasteiger partial charge in [0, 0.05) is 39.9 Å². The summed E-state index contributed by atoms with van der Waals surface area (Å²) in [6.07, 6.45) is 10.0. The van der Waals surface area contributed by atoms with Crippen molar-refractivity contribution in [1.29, 1.82) is 0 Å². The summed E-state index contributed by atoms with van der Waals surface area (Å²) in [6, 6.07) is 74.0. The van der Waals surface area contributed by atoms with Gasteiger partial charge in [-0.3, -0.25) is 0 Å². The molecule has 0 spiro atoms. The van der Waals surface area contributed by atoms with E-state index in [0.29, 0.717) is 0 Å². The quantitative estimate of drug-likeness (QED) is 0.163. The van der Waals surface area contributed by atoms with E-state index in [1.165, 1.54) is 105 Å². The lowest BCUT2D eigenvalue weighted by atomic mass is 9.89. The molecule has 0 unspecified atom stereocenters. The van der Waals surface area contributed by atoms with Crippen LogP contribution in [0, 0.1) is 0 Å². The van der Waals surface area contributed by atoms with Gasteiger partial charge in [0.15, 0.2) is 0 Å². The Morgan fingerprint density at radius 1 is 0.377 bits per heavy atom. The highest BCUT2D eigenvalue weighted by Gasteiger charge is 2.25. The summed E-state index contributed by atoms with van der Waals surface area (Å²) >= 11 is 0. The van der Waals surface area contributed by atoms with Crippen LogP contribution in [0.4, 0.5) is 17.1 Å². The summed E-state index contributed by atoms with van der Waals surface area (Å²) in [4.78, 5) is 2.44. The molecule has 0 fully saturated rings. The topological polar surface area (TPSA) is 8.17 Å². The van der Waals surface area contributed by atoms with Gasteiger partial charge in [0.2, 0.25) is 0 Å². The third-order valence-electron chi connectivity index (χ3n) is 12.8. The summed E-state index contributed by atoms with van der Waals surface area (Å²) in [5.41, 5.74) is 19.9. The molecule has 2 heteroatoms. The zero-order chi connectivity index (χ0) is 40.3. The molecule has 1 aromatic heterocycles. The van der Waals surface area contributed by atoms with Gasteiger partial charge < -0.3 is 9.47 Å². The lowest BCUT2D eigenvalue weighted by molar-refractivity contribution is 1.04. The van der Waals surface area contributed by atoms with Crippen LogP contribution in [0.5, 0.6) is 0 Å². The largest absolute Gasteiger partial charge is 0.310 e. The maximum atomic E-state index is 2.44. The van der Waals surface area contributed by atoms with Gasteiger partial charge in [0.1, 0.15) is 0 Å². The van der Waals surface area contributed by atoms with Crippen LogP contribution in [0.25, 0.3) is 77.2 Å². The van der Waals surface area contributed by atoms with Crippen LogP contribution >= 0.6 is 0 Å². The fourth-order valence-electron chi connectivity index (χ4n) is 9.83. The second-order valence-corrected chi connectivity index (χ2v) is 16.4. The molecular formula is C59H42N2. The molecular weight excluding hydrogens is 737 g/mol. The zero-order valence-corrected chi connectivity index (χ0v) is 33.8. The maximum absolute atomic E-state index is 2.44. The van der Waals surface area contributed by atoms with Crippen molar-refractivity contribution < 1.29 is 0 Å². The Hall–Kier alpha value is -7.68. The monoisotopic (exact) mass is 778 g/mol. The SMILES string of the molecule is C1=CC(c2ccc3c(c2)c2cc(-c4ccccc4)ccc2n3-c2ccc(-c3ccc4c(c3)Cc3cc(-c5cccc6ccccc56)ccc3N4c3ccccc3)cc2)=CCC1. The molecule has 10 aromatic rings. The number of aromatic nitrogens is 1. The van der Waals surface area contributed by atoms with Crippen LogP contribution in [0.2, 0.25) is 0 Å². The van der Waals surface area contributed by atoms with Crippen LogP contribution in [0.1, 0.15) is 29.5 Å². The Labute approximate surface area is 356 Å². The smallest absolute Gasteiger partial charge is 0.0541 e. The van der Waals surface area contributed by atoms with Gasteiger partial charge >= 0.3 is 0 Å². The molecule has 2 heterocycles. The van der Waals surface area contributed by atoms with E-state index in [4.69, 9.17) is 0 Å². The first kappa shape index (κ1) is 35.3. The molecule has 0 saturated heterocycles. The molecule has 9 aromatic carbocycles. The van der Waals surface area contributed by atoms with Crippen molar-refractivity contribution >= 4 is 55.2 Å². The van der Waals surface area contributed by atoms with E-state index >= 15 is 0 Å². The Bertz CT molecular complexity index is 3360. The Kier molecular flexibility index (Phi) is 8.41. The second kappa shape index (κ2) is 14.5. The standard InChI is InChI=1S/C59H42N2/c1-4-13-40(14-5-1)45-26-33-58-54(38-45)55-39-46(41-15-6-2-7-16-41)27-34-59(55)61(58)51-29-23-42(24-30-51)44-25-31-56-48(35-44)37-49-36-47(53-22-12-18-43-17-10-11-21-52(43)53)28-32-57(49)60(56)50-19-8-3-9-20-50/h1,3-6,8-36,38-39H,2,7,37H2. The number of rotatable bonds is 6. The van der Waals surface area contributed by atoms with Crippen molar-refractivity contribution in [2.75, 3.05) is 4.90 Å². The minimum Gasteiger partial charge on any atom is -0.310 e. The third kappa shape index (κ3) is 6.10. The minimum absolute atomic E-state index is 0.861. The molecule has 0 saturated carbocycles. The number of para-hydroxylation sites is 1. The van der Waals surface area contributed by atoms with Crippen LogP contribution in [0.15, 0.2) is 218 Å². The van der Waals surface area contributed by atoms with Crippen molar-refractivity contribution in [3.63, 3.8) is 0 Å². The molecule has 0 radical (unpaired) electrons. The Morgan fingerprint density at radius 2 is 0.967 bits per heavy atom. The van der Waals surface area contributed by atoms with Gasteiger partial charge in [0.05, 0.1) is 11.0 Å². The highest BCUT2D eigenvalue weighted by atomic mass is 15.2. The Morgan fingerprint density at radius 3 is 1.72 bits per heavy atom. The number of fused-ring (bicyclic) bond motifs is 6. The number of allylic oxidation sites excluding steroid dienone is 4. The first-order chi connectivity index (χ1) is 30.2. The molecule has 2 aliphatic rings. The molecule has 288 valence electrons. The zero-order valence-electron chi connectivity index (χ0n) is 33.8. The van der Waals surface area contributed by atoms with Gasteiger partial charge in [0.25, 0.3) is 0 Å². The molecule has 0 N–H and O–H groups in total. The summed E-state index contributed by atoms with van der Waals surface area (Å²) < 4.78 is 2.44. The lowest BCUT2D eigenvalue weighted by Crippen LogP contribution is -2.18. The lowest BCUT2D eigenvalue weighted by Gasteiger charge is -2.34. The van der Waals surface area contributed by atoms with Crippen LogP contribution in [0.3, 0.4) is 0 Å². The summed E-state index contributed by atoms with van der Waals surface area (Å²) in [5.74, 6) is 0. The molecule has 1 aliphatic heterocycles. The van der Waals surface area contributed by atoms with Gasteiger partial charge in [-0.25, -0.2) is 0 Å². The fourth-order valence-corrected chi connectivity index (χ4v) is 9.83. The normalized spacial score (nSPS) is 13.4. The molecule has 2 nitrogen and oxygen atoms in total. The summed E-state index contributed by atoms with van der Waals surface area (Å²) in [7, 11) is 0. The number of hydrogen-bond acceptors (Lipinski definition) is 1. The van der Waals surface area contributed by atoms with Crippen molar-refractivity contribution in [2.45, 2.75) is 19.3 Å². The van der Waals surface area contributed by atoms with E-state index in [1.54, 1.807) is 0 Å². The van der Waals surface area contributed by atoms with E-state index in [1.807, 2.05) is 0 Å². The van der Waals surface area contributed by atoms with Gasteiger partial charge in [-0.2, -0.15) is 0 Å². The predicted molar refractivity (Wildman–Crippen MR) is 258 cm³/mol. The summed E-state index contributed by atoms with van der Waals surface area (Å²) in [6.45, 7) is 0. The van der Waals surface area contributed by atoms with Crippen molar-refractivity contribution in [1.82, 2.24) is 4.57 Å². The average Bonchev–Trinajstić information content (AvgIpc) is 3.66. The minimum atomic E-state index is 0.861. The van der Waals surface area contributed by atoms with E-state index < -0.39 is 0 Å². The number of anilines is 3. The van der Waals surface area contributed by atoms with Crippen LogP contribution in [-0.2, 0) is 6.42 Å². The Balaban J connectivity index is 0.939. The van der Waals surface area contributed by atoms with Gasteiger partial charge in [-0.1, -0.05) is 146 Å². The first-order valence-electron chi connectivity index (χ1n) is 21.4. The summed E-state index contributed by atoms with van der Waals surface area (Å²) in [5, 5.41) is 5.09. The average molecular weight is 779 g/mol. The van der Waals surface area contributed by atoms with E-state index in [9.17, 15) is 0 Å². The van der Waals surface area contributed by atoms with E-state index in [-0.39, 0.29) is 0 Å². The van der Waals surface area contributed by atoms with E-state index in [0.717, 1.165) is 24.9 Å². The molecule has 0 bridgehead atoms. The van der Waals surface area contributed by atoms with Crippen molar-refractivity contribution in [3.05, 3.63) is 235 Å². The van der Waals surface area contributed by atoms with Gasteiger partial charge in [-0.05, 0) is 152 Å². The fraction of sp³-hybridized carbons (Fsp3) is 0.0508. The molecule has 0 atom stereocenters. The molecule has 1 aliphatic carbocycles. The van der Waals surface area contributed by atoms with Crippen LogP contribution in [-0.4, -0.2) is 4.57 Å². The number of benzene rings is 9. The first-order valence-corrected chi connectivity index (χ1v) is 21.4. The van der Waals surface area contributed by atoms with Crippen LogP contribution < -0.4 is 4.90 Å².